The van der Waals surface area contributed by atoms with Gasteiger partial charge in [0.2, 0.25) is 11.0 Å². The smallest absolute Gasteiger partial charge is 0.239 e. The zero-order chi connectivity index (χ0) is 20.6. The van der Waals surface area contributed by atoms with Gasteiger partial charge in [0.25, 0.3) is 0 Å². The Morgan fingerprint density at radius 1 is 1.14 bits per heavy atom. The van der Waals surface area contributed by atoms with E-state index in [1.165, 1.54) is 23.7 Å². The number of carbonyl (C=O) groups is 1. The third-order valence-electron chi connectivity index (χ3n) is 4.57. The first-order valence-corrected chi connectivity index (χ1v) is 10.5. The second-order valence-corrected chi connectivity index (χ2v) is 7.75. The molecule has 0 unspecified atom stereocenters. The third-order valence-corrected chi connectivity index (χ3v) is 5.39. The molecule has 0 aliphatic carbocycles. The highest BCUT2D eigenvalue weighted by Gasteiger charge is 2.18. The van der Waals surface area contributed by atoms with Gasteiger partial charge in [0, 0.05) is 30.5 Å². The molecule has 1 aromatic heterocycles. The minimum Gasteiger partial charge on any atom is -0.352 e. The molecule has 7 heteroatoms. The van der Waals surface area contributed by atoms with E-state index in [9.17, 15) is 9.18 Å². The summed E-state index contributed by atoms with van der Waals surface area (Å²) in [4.78, 5) is 19.1. The number of aromatic nitrogens is 2. The summed E-state index contributed by atoms with van der Waals surface area (Å²) in [5.41, 5.74) is 2.04. The summed E-state index contributed by atoms with van der Waals surface area (Å²) >= 11 is 1.28. The van der Waals surface area contributed by atoms with Crippen LogP contribution in [0.3, 0.4) is 0 Å². The van der Waals surface area contributed by atoms with Gasteiger partial charge in [-0.3, -0.25) is 4.79 Å². The Bertz CT molecular complexity index is 914. The molecular formula is C22H25FN4OS. The average molecular weight is 413 g/mol. The minimum absolute atomic E-state index is 0.0365. The molecule has 152 valence electrons. The van der Waals surface area contributed by atoms with Gasteiger partial charge in [0.15, 0.2) is 0 Å². The van der Waals surface area contributed by atoms with Crippen LogP contribution in [0.1, 0.15) is 37.2 Å². The van der Waals surface area contributed by atoms with Crippen LogP contribution in [-0.4, -0.2) is 27.9 Å². The van der Waals surface area contributed by atoms with Gasteiger partial charge in [0.05, 0.1) is 6.54 Å². The van der Waals surface area contributed by atoms with Crippen molar-refractivity contribution in [2.24, 2.45) is 0 Å². The monoisotopic (exact) mass is 412 g/mol. The molecule has 1 amide bonds. The summed E-state index contributed by atoms with van der Waals surface area (Å²) in [5, 5.41) is 3.71. The number of carbonyl (C=O) groups excluding carboxylic acids is 1. The number of nitrogens with one attached hydrogen (secondary N) is 1. The van der Waals surface area contributed by atoms with Crippen LogP contribution in [0.5, 0.6) is 0 Å². The standard InChI is InChI=1S/C22H25FN4OS/c1-3-16(2)24-21(28)15-27(14-18-7-5-4-6-8-18)22-25-20(26-29-22)13-17-9-11-19(23)12-10-17/h4-12,16H,3,13-15H2,1-2H3,(H,24,28)/t16-/m0/s1. The van der Waals surface area contributed by atoms with E-state index in [4.69, 9.17) is 0 Å². The van der Waals surface area contributed by atoms with Crippen molar-refractivity contribution in [3.05, 3.63) is 77.4 Å². The number of nitrogens with zero attached hydrogens (tertiary/aromatic N) is 3. The maximum absolute atomic E-state index is 13.1. The Kier molecular flexibility index (Phi) is 7.30. The van der Waals surface area contributed by atoms with Crippen molar-refractivity contribution in [3.8, 4) is 0 Å². The molecular weight excluding hydrogens is 387 g/mol. The Morgan fingerprint density at radius 2 is 1.86 bits per heavy atom. The molecule has 0 saturated carbocycles. The molecule has 0 aliphatic rings. The summed E-state index contributed by atoms with van der Waals surface area (Å²) in [6.45, 7) is 4.81. The second kappa shape index (κ2) is 10.1. The highest BCUT2D eigenvalue weighted by atomic mass is 32.1. The molecule has 3 aromatic rings. The van der Waals surface area contributed by atoms with E-state index in [2.05, 4.69) is 14.7 Å². The second-order valence-electron chi connectivity index (χ2n) is 7.01. The van der Waals surface area contributed by atoms with Crippen molar-refractivity contribution in [1.82, 2.24) is 14.7 Å². The van der Waals surface area contributed by atoms with Gasteiger partial charge >= 0.3 is 0 Å². The van der Waals surface area contributed by atoms with Crippen LogP contribution >= 0.6 is 11.5 Å². The van der Waals surface area contributed by atoms with Gasteiger partial charge in [0.1, 0.15) is 11.6 Å². The first kappa shape index (κ1) is 20.9. The van der Waals surface area contributed by atoms with Crippen molar-refractivity contribution in [2.75, 3.05) is 11.4 Å². The average Bonchev–Trinajstić information content (AvgIpc) is 3.18. The maximum atomic E-state index is 13.1. The van der Waals surface area contributed by atoms with Crippen molar-refractivity contribution < 1.29 is 9.18 Å². The first-order chi connectivity index (χ1) is 14.0. The van der Waals surface area contributed by atoms with E-state index in [0.29, 0.717) is 23.9 Å². The summed E-state index contributed by atoms with van der Waals surface area (Å²) in [5.74, 6) is 0.365. The lowest BCUT2D eigenvalue weighted by Crippen LogP contribution is -2.40. The summed E-state index contributed by atoms with van der Waals surface area (Å²) in [6, 6.07) is 16.4. The van der Waals surface area contributed by atoms with Crippen molar-refractivity contribution in [1.29, 1.82) is 0 Å². The quantitative estimate of drug-likeness (QED) is 0.573. The number of hydrogen-bond donors (Lipinski definition) is 1. The summed E-state index contributed by atoms with van der Waals surface area (Å²) in [6.07, 6.45) is 1.40. The molecule has 0 spiro atoms. The molecule has 0 fully saturated rings. The Hall–Kier alpha value is -2.80. The van der Waals surface area contributed by atoms with Crippen LogP contribution < -0.4 is 10.2 Å². The fraction of sp³-hybridized carbons (Fsp3) is 0.318. The van der Waals surface area contributed by atoms with Gasteiger partial charge in [-0.15, -0.1) is 0 Å². The highest BCUT2D eigenvalue weighted by Crippen LogP contribution is 2.21. The van der Waals surface area contributed by atoms with Crippen molar-refractivity contribution in [2.45, 2.75) is 39.3 Å². The number of anilines is 1. The lowest BCUT2D eigenvalue weighted by Gasteiger charge is -2.22. The largest absolute Gasteiger partial charge is 0.352 e. The minimum atomic E-state index is -0.262. The normalized spacial score (nSPS) is 11.8. The maximum Gasteiger partial charge on any atom is 0.239 e. The molecule has 1 heterocycles. The molecule has 0 saturated heterocycles. The number of hydrogen-bond acceptors (Lipinski definition) is 5. The fourth-order valence-electron chi connectivity index (χ4n) is 2.82. The SMILES string of the molecule is CC[C@H](C)NC(=O)CN(Cc1ccccc1)c1nc(Cc2ccc(F)cc2)ns1. The number of rotatable bonds is 9. The predicted octanol–water partition coefficient (Wildman–Crippen LogP) is 4.19. The van der Waals surface area contributed by atoms with Crippen LogP contribution in [-0.2, 0) is 17.8 Å². The Labute approximate surface area is 174 Å². The van der Waals surface area contributed by atoms with Crippen LogP contribution in [0, 0.1) is 5.82 Å². The lowest BCUT2D eigenvalue weighted by molar-refractivity contribution is -0.120. The van der Waals surface area contributed by atoms with E-state index >= 15 is 0 Å². The zero-order valence-electron chi connectivity index (χ0n) is 16.6. The van der Waals surface area contributed by atoms with Gasteiger partial charge in [-0.05, 0) is 36.6 Å². The fourth-order valence-corrected chi connectivity index (χ4v) is 3.50. The van der Waals surface area contributed by atoms with Gasteiger partial charge in [-0.1, -0.05) is 49.4 Å². The van der Waals surface area contributed by atoms with Gasteiger partial charge < -0.3 is 10.2 Å². The van der Waals surface area contributed by atoms with Gasteiger partial charge in [-0.25, -0.2) is 9.37 Å². The molecule has 5 nitrogen and oxygen atoms in total. The topological polar surface area (TPSA) is 58.1 Å². The molecule has 0 radical (unpaired) electrons. The Morgan fingerprint density at radius 3 is 2.55 bits per heavy atom. The molecule has 1 atom stereocenters. The predicted molar refractivity (Wildman–Crippen MR) is 115 cm³/mol. The van der Waals surface area contributed by atoms with Crippen molar-refractivity contribution in [3.63, 3.8) is 0 Å². The van der Waals surface area contributed by atoms with Crippen LogP contribution in [0.15, 0.2) is 54.6 Å². The molecule has 1 N–H and O–H groups in total. The molecule has 29 heavy (non-hydrogen) atoms. The molecule has 0 aliphatic heterocycles. The summed E-state index contributed by atoms with van der Waals surface area (Å²) in [7, 11) is 0. The van der Waals surface area contributed by atoms with Crippen LogP contribution in [0.2, 0.25) is 0 Å². The number of benzene rings is 2. The third kappa shape index (κ3) is 6.35. The van der Waals surface area contributed by atoms with E-state index in [-0.39, 0.29) is 24.3 Å². The van der Waals surface area contributed by atoms with E-state index in [1.54, 1.807) is 12.1 Å². The lowest BCUT2D eigenvalue weighted by atomic mass is 10.1. The zero-order valence-corrected chi connectivity index (χ0v) is 17.5. The molecule has 2 aromatic carbocycles. The number of halogens is 1. The van der Waals surface area contributed by atoms with Crippen LogP contribution in [0.4, 0.5) is 9.52 Å². The van der Waals surface area contributed by atoms with E-state index in [0.717, 1.165) is 17.5 Å². The van der Waals surface area contributed by atoms with Crippen LogP contribution in [0.25, 0.3) is 0 Å². The van der Waals surface area contributed by atoms with Crippen molar-refractivity contribution >= 4 is 22.6 Å². The molecule has 0 bridgehead atoms. The van der Waals surface area contributed by atoms with E-state index < -0.39 is 0 Å². The summed E-state index contributed by atoms with van der Waals surface area (Å²) < 4.78 is 17.6. The van der Waals surface area contributed by atoms with Gasteiger partial charge in [-0.2, -0.15) is 4.37 Å². The molecule has 3 rings (SSSR count). The number of amides is 1. The highest BCUT2D eigenvalue weighted by molar-refractivity contribution is 7.09. The first-order valence-electron chi connectivity index (χ1n) is 9.68. The van der Waals surface area contributed by atoms with E-state index in [1.807, 2.05) is 49.1 Å². The Balaban J connectivity index is 1.75.